The number of methoxy groups -OCH3 is 1. The van der Waals surface area contributed by atoms with Gasteiger partial charge in [0.15, 0.2) is 0 Å². The van der Waals surface area contributed by atoms with Gasteiger partial charge in [0.1, 0.15) is 17.9 Å². The Balaban J connectivity index is 1.50. The number of amides is 1. The van der Waals surface area contributed by atoms with Crippen molar-refractivity contribution >= 4 is 34.4 Å². The summed E-state index contributed by atoms with van der Waals surface area (Å²) >= 11 is 0. The lowest BCUT2D eigenvalue weighted by atomic mass is 10.1. The van der Waals surface area contributed by atoms with Crippen LogP contribution in [-0.4, -0.2) is 45.2 Å². The molecule has 0 unspecified atom stereocenters. The Hall–Kier alpha value is -3.74. The average molecular weight is 434 g/mol. The minimum Gasteiger partial charge on any atom is -0.492 e. The van der Waals surface area contributed by atoms with Gasteiger partial charge in [0.2, 0.25) is 5.88 Å². The molecule has 0 aliphatic carbocycles. The van der Waals surface area contributed by atoms with Crippen molar-refractivity contribution in [3.8, 4) is 5.75 Å². The second-order valence-corrected chi connectivity index (χ2v) is 7.47. The lowest BCUT2D eigenvalue weighted by molar-refractivity contribution is -0.114. The highest BCUT2D eigenvalue weighted by molar-refractivity contribution is 6.03. The zero-order valence-electron chi connectivity index (χ0n) is 18.2. The van der Waals surface area contributed by atoms with Gasteiger partial charge in [-0.1, -0.05) is 12.1 Å². The first kappa shape index (κ1) is 21.5. The van der Waals surface area contributed by atoms with Crippen LogP contribution in [0.15, 0.2) is 65.1 Å². The molecule has 1 amide bonds. The standard InChI is InChI=1S/C25H26N2O5/c1-3-6-23(28)27(15-16-31-19-11-9-18(10-12-19)25(29)30-2)24-17-20-21(26-13-5-14-26)7-4-8-22(20)32-24/h3-4,6-12,17H,5,13-16H2,1-2H3. The summed E-state index contributed by atoms with van der Waals surface area (Å²) in [6, 6.07) is 14.6. The zero-order valence-corrected chi connectivity index (χ0v) is 18.2. The van der Waals surface area contributed by atoms with Crippen LogP contribution >= 0.6 is 0 Å². The number of esters is 1. The number of ether oxygens (including phenoxy) is 2. The van der Waals surface area contributed by atoms with Crippen molar-refractivity contribution in [2.24, 2.45) is 0 Å². The third kappa shape index (κ3) is 4.46. The van der Waals surface area contributed by atoms with E-state index in [1.54, 1.807) is 42.2 Å². The number of benzene rings is 2. The molecule has 3 aromatic rings. The second kappa shape index (κ2) is 9.60. The first-order valence-electron chi connectivity index (χ1n) is 10.6. The Bertz CT molecular complexity index is 1130. The summed E-state index contributed by atoms with van der Waals surface area (Å²) in [7, 11) is 1.34. The number of carbonyl (C=O) groups excluding carboxylic acids is 2. The maximum atomic E-state index is 12.8. The molecule has 1 aliphatic rings. The second-order valence-electron chi connectivity index (χ2n) is 7.47. The van der Waals surface area contributed by atoms with Gasteiger partial charge in [-0.3, -0.25) is 9.69 Å². The highest BCUT2D eigenvalue weighted by Gasteiger charge is 2.22. The van der Waals surface area contributed by atoms with Gasteiger partial charge < -0.3 is 18.8 Å². The summed E-state index contributed by atoms with van der Waals surface area (Å²) in [5, 5.41) is 1.000. The quantitative estimate of drug-likeness (QED) is 0.386. The lowest BCUT2D eigenvalue weighted by Gasteiger charge is -2.33. The van der Waals surface area contributed by atoms with Crippen LogP contribution in [0.1, 0.15) is 23.7 Å². The van der Waals surface area contributed by atoms with Crippen molar-refractivity contribution in [1.29, 1.82) is 0 Å². The third-order valence-corrected chi connectivity index (χ3v) is 5.42. The van der Waals surface area contributed by atoms with Gasteiger partial charge in [0.25, 0.3) is 5.91 Å². The molecule has 1 aliphatic heterocycles. The predicted molar refractivity (Wildman–Crippen MR) is 123 cm³/mol. The van der Waals surface area contributed by atoms with Crippen LogP contribution in [0.2, 0.25) is 0 Å². The fourth-order valence-electron chi connectivity index (χ4n) is 3.62. The van der Waals surface area contributed by atoms with Crippen molar-refractivity contribution in [2.45, 2.75) is 13.3 Å². The van der Waals surface area contributed by atoms with E-state index in [9.17, 15) is 9.59 Å². The number of hydrogen-bond donors (Lipinski definition) is 0. The van der Waals surface area contributed by atoms with E-state index in [1.165, 1.54) is 19.6 Å². The van der Waals surface area contributed by atoms with Gasteiger partial charge >= 0.3 is 5.97 Å². The summed E-state index contributed by atoms with van der Waals surface area (Å²) in [6.07, 6.45) is 4.40. The Morgan fingerprint density at radius 3 is 2.59 bits per heavy atom. The molecule has 0 N–H and O–H groups in total. The van der Waals surface area contributed by atoms with E-state index in [2.05, 4.69) is 11.0 Å². The molecule has 0 bridgehead atoms. The van der Waals surface area contributed by atoms with Crippen molar-refractivity contribution in [3.63, 3.8) is 0 Å². The van der Waals surface area contributed by atoms with E-state index < -0.39 is 5.97 Å². The van der Waals surface area contributed by atoms with E-state index in [1.807, 2.05) is 18.2 Å². The predicted octanol–water partition coefficient (Wildman–Crippen LogP) is 4.42. The van der Waals surface area contributed by atoms with Gasteiger partial charge in [-0.2, -0.15) is 0 Å². The van der Waals surface area contributed by atoms with Crippen LogP contribution in [0.3, 0.4) is 0 Å². The van der Waals surface area contributed by atoms with Gasteiger partial charge in [-0.05, 0) is 55.8 Å². The van der Waals surface area contributed by atoms with Crippen LogP contribution in [0, 0.1) is 0 Å². The van der Waals surface area contributed by atoms with Gasteiger partial charge in [-0.15, -0.1) is 0 Å². The normalized spacial score (nSPS) is 13.2. The Kier molecular flexibility index (Phi) is 6.44. The van der Waals surface area contributed by atoms with Crippen molar-refractivity contribution in [1.82, 2.24) is 0 Å². The Morgan fingerprint density at radius 1 is 1.16 bits per heavy atom. The number of carbonyl (C=O) groups is 2. The molecule has 4 rings (SSSR count). The number of hydrogen-bond acceptors (Lipinski definition) is 6. The SMILES string of the molecule is CC=CC(=O)N(CCOc1ccc(C(=O)OC)cc1)c1cc2c(N3CCC3)cccc2o1. The molecule has 0 spiro atoms. The van der Waals surface area contributed by atoms with Gasteiger partial charge in [0, 0.05) is 30.2 Å². The lowest BCUT2D eigenvalue weighted by Crippen LogP contribution is -2.37. The maximum Gasteiger partial charge on any atom is 0.337 e. The number of allylic oxidation sites excluding steroid dienone is 1. The Morgan fingerprint density at radius 2 is 1.94 bits per heavy atom. The van der Waals surface area contributed by atoms with E-state index in [0.717, 1.165) is 29.7 Å². The van der Waals surface area contributed by atoms with Gasteiger partial charge in [-0.25, -0.2) is 4.79 Å². The summed E-state index contributed by atoms with van der Waals surface area (Å²) in [4.78, 5) is 28.2. The zero-order chi connectivity index (χ0) is 22.5. The smallest absolute Gasteiger partial charge is 0.337 e. The molecule has 1 fully saturated rings. The summed E-state index contributed by atoms with van der Waals surface area (Å²) in [5.41, 5.74) is 2.33. The number of anilines is 2. The number of rotatable bonds is 8. The number of nitrogens with zero attached hydrogens (tertiary/aromatic N) is 2. The first-order chi connectivity index (χ1) is 15.6. The van der Waals surface area contributed by atoms with Crippen LogP contribution in [0.25, 0.3) is 11.0 Å². The minimum absolute atomic E-state index is 0.179. The van der Waals surface area contributed by atoms with E-state index in [-0.39, 0.29) is 12.5 Å². The molecule has 7 nitrogen and oxygen atoms in total. The topological polar surface area (TPSA) is 72.2 Å². The number of fused-ring (bicyclic) bond motifs is 1. The molecular formula is C25H26N2O5. The molecule has 1 saturated heterocycles. The molecule has 2 heterocycles. The van der Waals surface area contributed by atoms with Crippen LogP contribution in [-0.2, 0) is 9.53 Å². The molecule has 0 radical (unpaired) electrons. The molecule has 1 aromatic heterocycles. The molecule has 166 valence electrons. The van der Waals surface area contributed by atoms with Crippen LogP contribution in [0.4, 0.5) is 11.6 Å². The van der Waals surface area contributed by atoms with E-state index in [0.29, 0.717) is 23.7 Å². The monoisotopic (exact) mass is 434 g/mol. The fraction of sp³-hybridized carbons (Fsp3) is 0.280. The summed E-state index contributed by atoms with van der Waals surface area (Å²) in [5.74, 6) is 0.505. The highest BCUT2D eigenvalue weighted by atomic mass is 16.5. The number of furan rings is 1. The first-order valence-corrected chi connectivity index (χ1v) is 10.6. The largest absolute Gasteiger partial charge is 0.492 e. The highest BCUT2D eigenvalue weighted by Crippen LogP contribution is 2.35. The van der Waals surface area contributed by atoms with Crippen molar-refractivity contribution < 1.29 is 23.5 Å². The third-order valence-electron chi connectivity index (χ3n) is 5.42. The van der Waals surface area contributed by atoms with Crippen LogP contribution < -0.4 is 14.5 Å². The minimum atomic E-state index is -0.401. The fourth-order valence-corrected chi connectivity index (χ4v) is 3.62. The molecule has 2 aromatic carbocycles. The van der Waals surface area contributed by atoms with E-state index >= 15 is 0 Å². The summed E-state index contributed by atoms with van der Waals surface area (Å²) < 4.78 is 16.6. The Labute approximate surface area is 186 Å². The molecule has 0 saturated carbocycles. The van der Waals surface area contributed by atoms with Crippen LogP contribution in [0.5, 0.6) is 5.75 Å². The molecule has 0 atom stereocenters. The van der Waals surface area contributed by atoms with Crippen molar-refractivity contribution in [3.05, 3.63) is 66.2 Å². The van der Waals surface area contributed by atoms with E-state index in [4.69, 9.17) is 13.9 Å². The summed E-state index contributed by atoms with van der Waals surface area (Å²) in [6.45, 7) is 4.43. The molecule has 32 heavy (non-hydrogen) atoms. The van der Waals surface area contributed by atoms with Gasteiger partial charge in [0.05, 0.1) is 19.2 Å². The molecular weight excluding hydrogens is 408 g/mol. The van der Waals surface area contributed by atoms with Crippen molar-refractivity contribution in [2.75, 3.05) is 43.2 Å². The molecule has 7 heteroatoms. The maximum absolute atomic E-state index is 12.8. The average Bonchev–Trinajstić information content (AvgIpc) is 3.20.